The first-order chi connectivity index (χ1) is 11.5. The Kier molecular flexibility index (Phi) is 5.98. The Bertz CT molecular complexity index is 757. The average molecular weight is 349 g/mol. The lowest BCUT2D eigenvalue weighted by molar-refractivity contribution is -0.131. The molecule has 0 aliphatic rings. The van der Waals surface area contributed by atoms with Gasteiger partial charge in [-0.3, -0.25) is 9.59 Å². The molecule has 1 N–H and O–H groups in total. The van der Waals surface area contributed by atoms with Gasteiger partial charge in [0.25, 0.3) is 5.56 Å². The molecule has 6 nitrogen and oxygen atoms in total. The van der Waals surface area contributed by atoms with Crippen molar-refractivity contribution in [2.75, 3.05) is 18.4 Å². The number of benzene rings is 1. The molecular weight excluding hydrogens is 328 g/mol. The number of likely N-dealkylation sites (N-methyl/N-ethyl adjacent to an activating group) is 1. The Morgan fingerprint density at radius 3 is 2.50 bits per heavy atom. The molecule has 24 heavy (non-hydrogen) atoms. The molecule has 7 heteroatoms. The number of carbonyl (C=O) groups excluding carboxylic acids is 1. The maximum absolute atomic E-state index is 12.9. The molecule has 0 spiro atoms. The van der Waals surface area contributed by atoms with Gasteiger partial charge in [0, 0.05) is 20.1 Å². The van der Waals surface area contributed by atoms with E-state index in [0.717, 1.165) is 10.2 Å². The van der Waals surface area contributed by atoms with Crippen molar-refractivity contribution < 1.29 is 4.79 Å². The summed E-state index contributed by atoms with van der Waals surface area (Å²) in [6.45, 7) is 5.05. The number of nitrogens with one attached hydrogen (secondary N) is 1. The summed E-state index contributed by atoms with van der Waals surface area (Å²) in [7, 11) is 1.52. The van der Waals surface area contributed by atoms with Crippen LogP contribution in [0.5, 0.6) is 0 Å². The van der Waals surface area contributed by atoms with Crippen LogP contribution in [0.1, 0.15) is 25.5 Å². The van der Waals surface area contributed by atoms with Crippen LogP contribution < -0.4 is 10.9 Å². The van der Waals surface area contributed by atoms with E-state index in [1.165, 1.54) is 13.2 Å². The summed E-state index contributed by atoms with van der Waals surface area (Å²) in [5.74, 6) is -0.0806. The number of nitrogens with zero attached hydrogens (tertiary/aromatic N) is 3. The monoisotopic (exact) mass is 348 g/mol. The van der Waals surface area contributed by atoms with E-state index in [2.05, 4.69) is 10.4 Å². The molecule has 0 bridgehead atoms. The van der Waals surface area contributed by atoms with Gasteiger partial charge in [0.1, 0.15) is 11.1 Å². The normalized spacial score (nSPS) is 11.8. The molecule has 0 saturated carbocycles. The Morgan fingerprint density at radius 1 is 1.29 bits per heavy atom. The second-order valence-electron chi connectivity index (χ2n) is 5.30. The highest BCUT2D eigenvalue weighted by Crippen LogP contribution is 2.24. The molecule has 1 aromatic heterocycles. The van der Waals surface area contributed by atoms with Gasteiger partial charge >= 0.3 is 0 Å². The summed E-state index contributed by atoms with van der Waals surface area (Å²) in [4.78, 5) is 26.6. The second-order valence-corrected chi connectivity index (χ2v) is 5.68. The first kappa shape index (κ1) is 18.0. The van der Waals surface area contributed by atoms with Crippen LogP contribution in [-0.2, 0) is 11.8 Å². The molecule has 2 aromatic rings. The minimum Gasteiger partial charge on any atom is -0.367 e. The summed E-state index contributed by atoms with van der Waals surface area (Å²) in [5, 5.41) is 7.06. The number of amides is 1. The zero-order valence-corrected chi connectivity index (χ0v) is 14.7. The molecule has 1 heterocycles. The van der Waals surface area contributed by atoms with E-state index in [-0.39, 0.29) is 10.9 Å². The van der Waals surface area contributed by atoms with E-state index in [9.17, 15) is 9.59 Å². The summed E-state index contributed by atoms with van der Waals surface area (Å²) >= 11 is 6.12. The van der Waals surface area contributed by atoms with Crippen molar-refractivity contribution in [1.82, 2.24) is 14.7 Å². The summed E-state index contributed by atoms with van der Waals surface area (Å²) in [5.41, 5.74) is 0.726. The van der Waals surface area contributed by atoms with E-state index in [4.69, 9.17) is 11.6 Å². The van der Waals surface area contributed by atoms with Gasteiger partial charge in [-0.1, -0.05) is 41.9 Å². The standard InChI is InChI=1S/C17H21ClN4O2/c1-4-22(5-2)17(24)15(12-9-7-6-8-10-12)20-13-11-19-21(3)16(23)14(13)18/h6-11,15,20H,4-5H2,1-3H3. The van der Waals surface area contributed by atoms with E-state index < -0.39 is 11.6 Å². The highest BCUT2D eigenvalue weighted by atomic mass is 35.5. The summed E-state index contributed by atoms with van der Waals surface area (Å²) in [6.07, 6.45) is 1.45. The topological polar surface area (TPSA) is 67.2 Å². The number of aryl methyl sites for hydroxylation is 1. The third kappa shape index (κ3) is 3.76. The highest BCUT2D eigenvalue weighted by Gasteiger charge is 2.25. The number of carbonyl (C=O) groups is 1. The van der Waals surface area contributed by atoms with Gasteiger partial charge in [-0.15, -0.1) is 0 Å². The van der Waals surface area contributed by atoms with Crippen LogP contribution in [0.3, 0.4) is 0 Å². The lowest BCUT2D eigenvalue weighted by Gasteiger charge is -2.27. The van der Waals surface area contributed by atoms with E-state index >= 15 is 0 Å². The predicted octanol–water partition coefficient (Wildman–Crippen LogP) is 2.46. The highest BCUT2D eigenvalue weighted by molar-refractivity contribution is 6.33. The van der Waals surface area contributed by atoms with Gasteiger partial charge in [0.05, 0.1) is 11.9 Å². The minimum absolute atomic E-state index is 0.0146. The number of aromatic nitrogens is 2. The van der Waals surface area contributed by atoms with Crippen LogP contribution in [0, 0.1) is 0 Å². The van der Waals surface area contributed by atoms with Crippen molar-refractivity contribution in [1.29, 1.82) is 0 Å². The number of anilines is 1. The lowest BCUT2D eigenvalue weighted by Crippen LogP contribution is -2.38. The Labute approximate surface area is 146 Å². The maximum atomic E-state index is 12.9. The van der Waals surface area contributed by atoms with Crippen molar-refractivity contribution in [2.45, 2.75) is 19.9 Å². The lowest BCUT2D eigenvalue weighted by atomic mass is 10.1. The Morgan fingerprint density at radius 2 is 1.92 bits per heavy atom. The third-order valence-corrected chi connectivity index (χ3v) is 4.20. The van der Waals surface area contributed by atoms with Crippen molar-refractivity contribution in [3.8, 4) is 0 Å². The molecule has 0 saturated heterocycles. The molecule has 0 fully saturated rings. The SMILES string of the molecule is CCN(CC)C(=O)C(Nc1cnn(C)c(=O)c1Cl)c1ccccc1. The number of rotatable bonds is 6. The first-order valence-corrected chi connectivity index (χ1v) is 8.19. The number of hydrogen-bond donors (Lipinski definition) is 1. The zero-order chi connectivity index (χ0) is 17.7. The third-order valence-electron chi connectivity index (χ3n) is 3.83. The second kappa shape index (κ2) is 7.97. The van der Waals surface area contributed by atoms with Gasteiger partial charge in [-0.2, -0.15) is 5.10 Å². The molecule has 2 rings (SSSR count). The van der Waals surface area contributed by atoms with E-state index in [0.29, 0.717) is 18.8 Å². The number of hydrogen-bond acceptors (Lipinski definition) is 4. The quantitative estimate of drug-likeness (QED) is 0.870. The molecule has 0 aliphatic carbocycles. The van der Waals surface area contributed by atoms with Crippen LogP contribution in [0.2, 0.25) is 5.02 Å². The smallest absolute Gasteiger partial charge is 0.287 e. The van der Waals surface area contributed by atoms with Crippen molar-refractivity contribution in [2.24, 2.45) is 7.05 Å². The molecule has 1 aromatic carbocycles. The molecule has 1 unspecified atom stereocenters. The molecule has 0 radical (unpaired) electrons. The first-order valence-electron chi connectivity index (χ1n) is 7.81. The van der Waals surface area contributed by atoms with Crippen LogP contribution in [0.25, 0.3) is 0 Å². The van der Waals surface area contributed by atoms with Gasteiger partial charge < -0.3 is 10.2 Å². The van der Waals surface area contributed by atoms with Gasteiger partial charge in [-0.25, -0.2) is 4.68 Å². The largest absolute Gasteiger partial charge is 0.367 e. The molecule has 1 atom stereocenters. The van der Waals surface area contributed by atoms with Crippen molar-refractivity contribution in [3.05, 3.63) is 57.5 Å². The predicted molar refractivity (Wildman–Crippen MR) is 95.2 cm³/mol. The number of halogens is 1. The van der Waals surface area contributed by atoms with Gasteiger partial charge in [-0.05, 0) is 19.4 Å². The van der Waals surface area contributed by atoms with E-state index in [1.54, 1.807) is 4.90 Å². The molecule has 128 valence electrons. The van der Waals surface area contributed by atoms with Crippen molar-refractivity contribution in [3.63, 3.8) is 0 Å². The summed E-state index contributed by atoms with van der Waals surface area (Å²) in [6, 6.07) is 8.70. The summed E-state index contributed by atoms with van der Waals surface area (Å²) < 4.78 is 1.15. The van der Waals surface area contributed by atoms with Crippen molar-refractivity contribution >= 4 is 23.2 Å². The Balaban J connectivity index is 2.42. The fourth-order valence-corrected chi connectivity index (χ4v) is 2.64. The fourth-order valence-electron chi connectivity index (χ4n) is 2.42. The molecule has 1 amide bonds. The van der Waals surface area contributed by atoms with Crippen LogP contribution in [0.4, 0.5) is 5.69 Å². The van der Waals surface area contributed by atoms with Crippen LogP contribution in [-0.4, -0.2) is 33.7 Å². The fraction of sp³-hybridized carbons (Fsp3) is 0.353. The molecule has 0 aliphatic heterocycles. The van der Waals surface area contributed by atoms with Crippen LogP contribution >= 0.6 is 11.6 Å². The van der Waals surface area contributed by atoms with E-state index in [1.807, 2.05) is 44.2 Å². The van der Waals surface area contributed by atoms with Gasteiger partial charge in [0.2, 0.25) is 5.91 Å². The molecular formula is C17H21ClN4O2. The Hall–Kier alpha value is -2.34. The van der Waals surface area contributed by atoms with Gasteiger partial charge in [0.15, 0.2) is 0 Å². The zero-order valence-electron chi connectivity index (χ0n) is 14.0. The van der Waals surface area contributed by atoms with Crippen LogP contribution in [0.15, 0.2) is 41.3 Å². The maximum Gasteiger partial charge on any atom is 0.287 e. The minimum atomic E-state index is -0.641. The average Bonchev–Trinajstić information content (AvgIpc) is 2.61.